The predicted octanol–water partition coefficient (Wildman–Crippen LogP) is 17.5. The number of nitrogens with one attached hydrogen (secondary N) is 1. The second-order valence-electron chi connectivity index (χ2n) is 19.7. The molecule has 0 heterocycles. The van der Waals surface area contributed by atoms with E-state index in [4.69, 9.17) is 4.74 Å². The summed E-state index contributed by atoms with van der Waals surface area (Å²) in [5, 5.41) is 23.8. The maximum Gasteiger partial charge on any atom is 0.306 e. The SMILES string of the molecule is CCCCC/C=C\C/C=C\CCCCCCCCCC(CC(=O)NC(CO)C(O)CCCCCCCCCCCCC)OC(=O)CCCCCCCCCCCCCCCCCCC. The van der Waals surface area contributed by atoms with E-state index in [9.17, 15) is 19.8 Å². The van der Waals surface area contributed by atoms with Gasteiger partial charge in [0.1, 0.15) is 6.10 Å². The Labute approximate surface area is 399 Å². The Kier molecular flexibility index (Phi) is 51.0. The lowest BCUT2D eigenvalue weighted by molar-refractivity contribution is -0.151. The summed E-state index contributed by atoms with van der Waals surface area (Å²) in [4.78, 5) is 26.2. The molecule has 0 spiro atoms. The first-order chi connectivity index (χ1) is 31.5. The van der Waals surface area contributed by atoms with E-state index in [1.165, 1.54) is 199 Å². The molecule has 3 unspecified atom stereocenters. The highest BCUT2D eigenvalue weighted by atomic mass is 16.5. The molecule has 0 aromatic carbocycles. The fourth-order valence-electron chi connectivity index (χ4n) is 8.93. The topological polar surface area (TPSA) is 95.9 Å². The van der Waals surface area contributed by atoms with Crippen LogP contribution in [0, 0.1) is 0 Å². The third-order valence-corrected chi connectivity index (χ3v) is 13.3. The Bertz CT molecular complexity index is 1010. The van der Waals surface area contributed by atoms with Crippen molar-refractivity contribution in [2.45, 2.75) is 328 Å². The zero-order valence-corrected chi connectivity index (χ0v) is 43.2. The molecule has 0 aliphatic carbocycles. The van der Waals surface area contributed by atoms with Gasteiger partial charge in [-0.1, -0.05) is 263 Å². The van der Waals surface area contributed by atoms with E-state index in [2.05, 4.69) is 50.4 Å². The van der Waals surface area contributed by atoms with Crippen molar-refractivity contribution in [1.82, 2.24) is 5.32 Å². The van der Waals surface area contributed by atoms with E-state index < -0.39 is 18.2 Å². The van der Waals surface area contributed by atoms with Gasteiger partial charge in [-0.3, -0.25) is 9.59 Å². The van der Waals surface area contributed by atoms with Gasteiger partial charge in [0.05, 0.1) is 25.2 Å². The predicted molar refractivity (Wildman–Crippen MR) is 278 cm³/mol. The molecule has 3 N–H and O–H groups in total. The van der Waals surface area contributed by atoms with Crippen molar-refractivity contribution in [2.75, 3.05) is 6.61 Å². The Morgan fingerprint density at radius 2 is 0.797 bits per heavy atom. The lowest BCUT2D eigenvalue weighted by Gasteiger charge is -2.24. The molecule has 6 nitrogen and oxygen atoms in total. The number of ether oxygens (including phenoxy) is 1. The fraction of sp³-hybridized carbons (Fsp3) is 0.897. The molecule has 0 aromatic heterocycles. The lowest BCUT2D eigenvalue weighted by Crippen LogP contribution is -2.46. The largest absolute Gasteiger partial charge is 0.462 e. The number of aliphatic hydroxyl groups is 2. The van der Waals surface area contributed by atoms with Crippen molar-refractivity contribution in [1.29, 1.82) is 0 Å². The molecular weight excluding hydrogens is 791 g/mol. The van der Waals surface area contributed by atoms with Crippen molar-refractivity contribution < 1.29 is 24.5 Å². The zero-order valence-electron chi connectivity index (χ0n) is 43.2. The van der Waals surface area contributed by atoms with Crippen molar-refractivity contribution in [3.05, 3.63) is 24.3 Å². The normalized spacial score (nSPS) is 13.3. The molecule has 0 aromatic rings. The van der Waals surface area contributed by atoms with E-state index in [0.29, 0.717) is 19.3 Å². The summed E-state index contributed by atoms with van der Waals surface area (Å²) in [7, 11) is 0. The number of carbonyl (C=O) groups is 2. The van der Waals surface area contributed by atoms with E-state index in [1.54, 1.807) is 0 Å². The molecular formula is C58H111NO5. The second kappa shape index (κ2) is 52.3. The summed E-state index contributed by atoms with van der Waals surface area (Å²) in [6.07, 6.45) is 61.0. The monoisotopic (exact) mass is 902 g/mol. The number of unbranched alkanes of at least 4 members (excludes halogenated alkanes) is 36. The van der Waals surface area contributed by atoms with Crippen LogP contribution in [0.1, 0.15) is 310 Å². The molecule has 0 saturated heterocycles. The van der Waals surface area contributed by atoms with Gasteiger partial charge in [-0.15, -0.1) is 0 Å². The number of esters is 1. The number of hydrogen-bond donors (Lipinski definition) is 3. The van der Waals surface area contributed by atoms with Crippen LogP contribution in [-0.4, -0.2) is 46.9 Å². The third-order valence-electron chi connectivity index (χ3n) is 13.3. The zero-order chi connectivity index (χ0) is 46.7. The average molecular weight is 903 g/mol. The first-order valence-electron chi connectivity index (χ1n) is 28.6. The highest BCUT2D eigenvalue weighted by Crippen LogP contribution is 2.19. The summed E-state index contributed by atoms with van der Waals surface area (Å²) in [5.41, 5.74) is 0. The number of carbonyl (C=O) groups excluding carboxylic acids is 2. The van der Waals surface area contributed by atoms with Gasteiger partial charge in [0.15, 0.2) is 0 Å². The Morgan fingerprint density at radius 3 is 1.22 bits per heavy atom. The van der Waals surface area contributed by atoms with E-state index in [1.807, 2.05) is 0 Å². The molecule has 0 aliphatic rings. The van der Waals surface area contributed by atoms with Gasteiger partial charge in [-0.2, -0.15) is 0 Å². The van der Waals surface area contributed by atoms with Crippen LogP contribution in [0.5, 0.6) is 0 Å². The Balaban J connectivity index is 4.53. The molecule has 0 aliphatic heterocycles. The Hall–Kier alpha value is -1.66. The smallest absolute Gasteiger partial charge is 0.306 e. The van der Waals surface area contributed by atoms with Gasteiger partial charge < -0.3 is 20.3 Å². The summed E-state index contributed by atoms with van der Waals surface area (Å²) in [5.74, 6) is -0.462. The molecule has 1 amide bonds. The molecule has 0 saturated carbocycles. The quantitative estimate of drug-likeness (QED) is 0.0321. The van der Waals surface area contributed by atoms with Crippen LogP contribution in [0.3, 0.4) is 0 Å². The summed E-state index contributed by atoms with van der Waals surface area (Å²) in [6, 6.07) is -0.700. The molecule has 0 rings (SSSR count). The number of aliphatic hydroxyl groups excluding tert-OH is 2. The summed E-state index contributed by atoms with van der Waals surface area (Å²) >= 11 is 0. The highest BCUT2D eigenvalue weighted by molar-refractivity contribution is 5.77. The number of allylic oxidation sites excluding steroid dienone is 4. The maximum atomic E-state index is 13.2. The molecule has 0 fully saturated rings. The van der Waals surface area contributed by atoms with Crippen LogP contribution in [-0.2, 0) is 14.3 Å². The molecule has 64 heavy (non-hydrogen) atoms. The average Bonchev–Trinajstić information content (AvgIpc) is 3.29. The van der Waals surface area contributed by atoms with Crippen LogP contribution in [0.25, 0.3) is 0 Å². The van der Waals surface area contributed by atoms with Crippen LogP contribution >= 0.6 is 0 Å². The van der Waals surface area contributed by atoms with E-state index in [0.717, 1.165) is 64.2 Å². The van der Waals surface area contributed by atoms with Gasteiger partial charge in [-0.05, 0) is 57.8 Å². The summed E-state index contributed by atoms with van der Waals surface area (Å²) < 4.78 is 5.96. The standard InChI is InChI=1S/C58H111NO5/c1-4-7-10-13-16-19-22-24-26-28-30-32-35-37-40-43-46-49-54(52-57(62)59-55(53-60)56(61)50-47-44-41-38-34-21-18-15-12-9-6-3)64-58(63)51-48-45-42-39-36-33-31-29-27-25-23-20-17-14-11-8-5-2/h16,19,24,26,54-56,60-61H,4-15,17-18,20-23,25,27-53H2,1-3H3,(H,59,62)/b19-16-,26-24-. The molecule has 3 atom stereocenters. The molecule has 0 bridgehead atoms. The second-order valence-corrected chi connectivity index (χ2v) is 19.7. The van der Waals surface area contributed by atoms with Crippen molar-refractivity contribution in [2.24, 2.45) is 0 Å². The van der Waals surface area contributed by atoms with Crippen LogP contribution < -0.4 is 5.32 Å². The van der Waals surface area contributed by atoms with E-state index >= 15 is 0 Å². The number of amides is 1. The minimum absolute atomic E-state index is 0.0780. The molecule has 378 valence electrons. The van der Waals surface area contributed by atoms with Gasteiger partial charge in [0, 0.05) is 6.42 Å². The minimum Gasteiger partial charge on any atom is -0.462 e. The van der Waals surface area contributed by atoms with Gasteiger partial charge in [0.25, 0.3) is 0 Å². The number of hydrogen-bond acceptors (Lipinski definition) is 5. The van der Waals surface area contributed by atoms with Crippen molar-refractivity contribution >= 4 is 11.9 Å². The first kappa shape index (κ1) is 62.3. The van der Waals surface area contributed by atoms with Gasteiger partial charge in [0.2, 0.25) is 5.91 Å². The van der Waals surface area contributed by atoms with Crippen LogP contribution in [0.4, 0.5) is 0 Å². The van der Waals surface area contributed by atoms with Crippen molar-refractivity contribution in [3.63, 3.8) is 0 Å². The minimum atomic E-state index is -0.786. The van der Waals surface area contributed by atoms with Gasteiger partial charge >= 0.3 is 5.97 Å². The molecule has 6 heteroatoms. The maximum absolute atomic E-state index is 13.2. The van der Waals surface area contributed by atoms with Crippen molar-refractivity contribution in [3.8, 4) is 0 Å². The van der Waals surface area contributed by atoms with Gasteiger partial charge in [-0.25, -0.2) is 0 Å². The fourth-order valence-corrected chi connectivity index (χ4v) is 8.93. The van der Waals surface area contributed by atoms with Crippen LogP contribution in [0.15, 0.2) is 24.3 Å². The lowest BCUT2D eigenvalue weighted by atomic mass is 10.0. The highest BCUT2D eigenvalue weighted by Gasteiger charge is 2.24. The first-order valence-corrected chi connectivity index (χ1v) is 28.6. The third kappa shape index (κ3) is 46.9. The van der Waals surface area contributed by atoms with Crippen LogP contribution in [0.2, 0.25) is 0 Å². The van der Waals surface area contributed by atoms with E-state index in [-0.39, 0.29) is 24.9 Å². The summed E-state index contributed by atoms with van der Waals surface area (Å²) in [6.45, 7) is 6.49. The molecule has 0 radical (unpaired) electrons. The Morgan fingerprint density at radius 1 is 0.453 bits per heavy atom. The number of rotatable bonds is 52.